The van der Waals surface area contributed by atoms with Crippen LogP contribution in [0, 0.1) is 0 Å². The molecule has 7 heteroatoms. The van der Waals surface area contributed by atoms with Gasteiger partial charge in [-0.15, -0.1) is 0 Å². The lowest BCUT2D eigenvalue weighted by atomic mass is 10.2. The van der Waals surface area contributed by atoms with Crippen LogP contribution in [0.5, 0.6) is 5.75 Å². The number of imidazole rings is 1. The van der Waals surface area contributed by atoms with E-state index in [-0.39, 0.29) is 16.9 Å². The van der Waals surface area contributed by atoms with Crippen LogP contribution in [0.25, 0.3) is 0 Å². The summed E-state index contributed by atoms with van der Waals surface area (Å²) < 4.78 is 11.1. The smallest absolute Gasteiger partial charge is 0.338 e. The molecule has 0 aliphatic carbocycles. The number of esters is 2. The molecule has 118 valence electrons. The molecule has 0 saturated heterocycles. The topological polar surface area (TPSA) is 87.5 Å². The van der Waals surface area contributed by atoms with Crippen molar-refractivity contribution in [2.45, 2.75) is 6.92 Å². The number of carbonyl (C=O) groups is 3. The summed E-state index contributed by atoms with van der Waals surface area (Å²) in [5, 5.41) is 0. The highest BCUT2D eigenvalue weighted by molar-refractivity contribution is 5.92. The molecule has 1 aromatic heterocycles. The van der Waals surface area contributed by atoms with Crippen molar-refractivity contribution in [3.05, 3.63) is 60.7 Å². The molecule has 0 N–H and O–H groups in total. The van der Waals surface area contributed by atoms with Crippen LogP contribution >= 0.6 is 0 Å². The molecule has 0 bridgehead atoms. The molecule has 1 aromatic carbocycles. The lowest BCUT2D eigenvalue weighted by Gasteiger charge is -2.06. The summed E-state index contributed by atoms with van der Waals surface area (Å²) in [5.74, 6) is -1.34. The molecule has 0 spiro atoms. The molecule has 0 amide bonds. The zero-order chi connectivity index (χ0) is 16.8. The maximum Gasteiger partial charge on any atom is 0.338 e. The Balaban J connectivity index is 1.91. The van der Waals surface area contributed by atoms with Crippen molar-refractivity contribution in [2.75, 3.05) is 6.61 Å². The highest BCUT2D eigenvalue weighted by Crippen LogP contribution is 2.14. The van der Waals surface area contributed by atoms with Gasteiger partial charge in [0.2, 0.25) is 0 Å². The van der Waals surface area contributed by atoms with Gasteiger partial charge < -0.3 is 9.47 Å². The number of hydrogen-bond donors (Lipinski definition) is 0. The van der Waals surface area contributed by atoms with Crippen LogP contribution in [0.4, 0.5) is 0 Å². The molecule has 2 rings (SSSR count). The first-order valence-electron chi connectivity index (χ1n) is 6.63. The Morgan fingerprint density at radius 3 is 2.48 bits per heavy atom. The molecule has 0 aliphatic heterocycles. The van der Waals surface area contributed by atoms with Crippen LogP contribution in [0.3, 0.4) is 0 Å². The fourth-order valence-electron chi connectivity index (χ4n) is 1.55. The van der Waals surface area contributed by atoms with Gasteiger partial charge in [0.25, 0.3) is 5.91 Å². The molecule has 0 aliphatic rings. The van der Waals surface area contributed by atoms with Gasteiger partial charge in [0, 0.05) is 18.0 Å². The quantitative estimate of drug-likeness (QED) is 0.475. The van der Waals surface area contributed by atoms with E-state index in [0.717, 1.165) is 0 Å². The first kappa shape index (κ1) is 16.2. The summed E-state index contributed by atoms with van der Waals surface area (Å²) in [5.41, 5.74) is 0.505. The number of hydrogen-bond acceptors (Lipinski definition) is 6. The van der Waals surface area contributed by atoms with E-state index in [2.05, 4.69) is 11.6 Å². The number of ether oxygens (including phenoxy) is 2. The summed E-state index contributed by atoms with van der Waals surface area (Å²) in [4.78, 5) is 38.6. The number of nitrogens with zero attached hydrogens (tertiary/aromatic N) is 2. The van der Waals surface area contributed by atoms with Gasteiger partial charge in [-0.3, -0.25) is 9.36 Å². The van der Waals surface area contributed by atoms with Crippen molar-refractivity contribution >= 4 is 17.8 Å². The highest BCUT2D eigenvalue weighted by Gasteiger charge is 2.12. The van der Waals surface area contributed by atoms with Crippen LogP contribution in [0.2, 0.25) is 0 Å². The molecule has 0 saturated carbocycles. The number of aromatic nitrogens is 2. The van der Waals surface area contributed by atoms with Gasteiger partial charge in [0.15, 0.2) is 6.61 Å². The second kappa shape index (κ2) is 7.17. The van der Waals surface area contributed by atoms with Crippen LogP contribution in [-0.2, 0) is 9.53 Å². The van der Waals surface area contributed by atoms with E-state index in [4.69, 9.17) is 9.47 Å². The Bertz CT molecular complexity index is 732. The van der Waals surface area contributed by atoms with Crippen LogP contribution in [-0.4, -0.2) is 34.0 Å². The molecular weight excluding hydrogens is 300 g/mol. The summed E-state index contributed by atoms with van der Waals surface area (Å²) >= 11 is 0. The second-order valence-corrected chi connectivity index (χ2v) is 4.63. The summed E-state index contributed by atoms with van der Waals surface area (Å²) in [6.45, 7) is 4.60. The van der Waals surface area contributed by atoms with Gasteiger partial charge in [-0.25, -0.2) is 14.6 Å². The van der Waals surface area contributed by atoms with Gasteiger partial charge in [-0.2, -0.15) is 0 Å². The van der Waals surface area contributed by atoms with Gasteiger partial charge in [0.05, 0.1) is 5.56 Å². The van der Waals surface area contributed by atoms with Crippen molar-refractivity contribution < 1.29 is 23.9 Å². The van der Waals surface area contributed by atoms with E-state index in [1.54, 1.807) is 0 Å². The predicted octanol–water partition coefficient (Wildman–Crippen LogP) is 1.86. The first-order valence-corrected chi connectivity index (χ1v) is 6.63. The largest absolute Gasteiger partial charge is 0.452 e. The zero-order valence-corrected chi connectivity index (χ0v) is 12.4. The third kappa shape index (κ3) is 4.37. The molecule has 0 radical (unpaired) electrons. The van der Waals surface area contributed by atoms with Crippen molar-refractivity contribution in [2.24, 2.45) is 0 Å². The molecule has 7 nitrogen and oxygen atoms in total. The zero-order valence-electron chi connectivity index (χ0n) is 12.4. The van der Waals surface area contributed by atoms with Gasteiger partial charge in [0.1, 0.15) is 12.1 Å². The Morgan fingerprint density at radius 2 is 1.91 bits per heavy atom. The Labute approximate surface area is 132 Å². The van der Waals surface area contributed by atoms with E-state index < -0.39 is 24.5 Å². The van der Waals surface area contributed by atoms with E-state index in [1.807, 2.05) is 0 Å². The minimum absolute atomic E-state index is 0.235. The Kier molecular flexibility index (Phi) is 5.03. The molecule has 1 heterocycles. The predicted molar refractivity (Wildman–Crippen MR) is 80.0 cm³/mol. The monoisotopic (exact) mass is 314 g/mol. The van der Waals surface area contributed by atoms with Crippen molar-refractivity contribution in [3.8, 4) is 5.75 Å². The van der Waals surface area contributed by atoms with Crippen LogP contribution in [0.1, 0.15) is 22.1 Å². The summed E-state index contributed by atoms with van der Waals surface area (Å²) in [6, 6.07) is 5.78. The minimum atomic E-state index is -0.656. The third-order valence-electron chi connectivity index (χ3n) is 2.77. The fraction of sp³-hybridized carbons (Fsp3) is 0.125. The van der Waals surface area contributed by atoms with Gasteiger partial charge in [-0.05, 0) is 31.2 Å². The summed E-state index contributed by atoms with van der Waals surface area (Å²) in [7, 11) is 0. The lowest BCUT2D eigenvalue weighted by Crippen LogP contribution is -2.19. The fourth-order valence-corrected chi connectivity index (χ4v) is 1.55. The Hall–Kier alpha value is -3.22. The van der Waals surface area contributed by atoms with Crippen molar-refractivity contribution in [1.29, 1.82) is 0 Å². The normalized spacial score (nSPS) is 9.96. The van der Waals surface area contributed by atoms with E-state index in [9.17, 15) is 14.4 Å². The summed E-state index contributed by atoms with van der Waals surface area (Å²) in [6.07, 6.45) is 4.23. The highest BCUT2D eigenvalue weighted by atomic mass is 16.5. The van der Waals surface area contributed by atoms with Gasteiger partial charge in [-0.1, -0.05) is 6.58 Å². The molecule has 0 unspecified atom stereocenters. The lowest BCUT2D eigenvalue weighted by molar-refractivity contribution is -0.130. The van der Waals surface area contributed by atoms with Crippen molar-refractivity contribution in [1.82, 2.24) is 9.55 Å². The molecule has 0 fully saturated rings. The molecule has 23 heavy (non-hydrogen) atoms. The maximum atomic E-state index is 11.8. The SMILES string of the molecule is C=C(C)C(=O)Oc1ccc(C(=O)OCC(=O)n2ccnc2)cc1. The number of carbonyl (C=O) groups excluding carboxylic acids is 3. The van der Waals surface area contributed by atoms with E-state index in [1.165, 1.54) is 54.5 Å². The minimum Gasteiger partial charge on any atom is -0.452 e. The standard InChI is InChI=1S/C16H14N2O5/c1-11(2)15(20)23-13-5-3-12(4-6-13)16(21)22-9-14(19)18-8-7-17-10-18/h3-8,10H,1,9H2,2H3. The molecular formula is C16H14N2O5. The van der Waals surface area contributed by atoms with Crippen LogP contribution in [0.15, 0.2) is 55.1 Å². The average molecular weight is 314 g/mol. The van der Waals surface area contributed by atoms with Gasteiger partial charge >= 0.3 is 11.9 Å². The Morgan fingerprint density at radius 1 is 1.22 bits per heavy atom. The first-order chi connectivity index (χ1) is 11.0. The maximum absolute atomic E-state index is 11.8. The number of rotatable bonds is 5. The number of benzene rings is 1. The van der Waals surface area contributed by atoms with E-state index >= 15 is 0 Å². The molecule has 2 aromatic rings. The van der Waals surface area contributed by atoms with Crippen molar-refractivity contribution in [3.63, 3.8) is 0 Å². The van der Waals surface area contributed by atoms with E-state index in [0.29, 0.717) is 0 Å². The average Bonchev–Trinajstić information content (AvgIpc) is 3.07. The third-order valence-corrected chi connectivity index (χ3v) is 2.77. The molecule has 0 atom stereocenters. The second-order valence-electron chi connectivity index (χ2n) is 4.63. The van der Waals surface area contributed by atoms with Crippen LogP contribution < -0.4 is 4.74 Å².